The number of aromatic nitrogens is 4. The summed E-state index contributed by atoms with van der Waals surface area (Å²) in [6.07, 6.45) is 4.25. The Kier molecular flexibility index (Phi) is 3.20. The number of aromatic amines is 1. The van der Waals surface area contributed by atoms with Crippen molar-refractivity contribution < 1.29 is 9.32 Å². The number of carbonyl (C=O) groups is 1. The lowest BCUT2D eigenvalue weighted by molar-refractivity contribution is 0.0776. The van der Waals surface area contributed by atoms with Crippen molar-refractivity contribution in [3.63, 3.8) is 0 Å². The monoisotopic (exact) mass is 301 g/mol. The molecule has 2 fully saturated rings. The minimum absolute atomic E-state index is 0.0458. The van der Waals surface area contributed by atoms with Crippen LogP contribution < -0.4 is 0 Å². The third-order valence-electron chi connectivity index (χ3n) is 4.39. The molecular formula is C15H19N5O2. The number of hydrogen-bond acceptors (Lipinski definition) is 5. The van der Waals surface area contributed by atoms with Gasteiger partial charge in [0.2, 0.25) is 0 Å². The average molecular weight is 301 g/mol. The normalized spacial score (nSPS) is 21.5. The lowest BCUT2D eigenvalue weighted by Crippen LogP contribution is -2.29. The van der Waals surface area contributed by atoms with Crippen molar-refractivity contribution in [2.45, 2.75) is 38.5 Å². The molecule has 1 N–H and O–H groups in total. The Morgan fingerprint density at radius 3 is 3.05 bits per heavy atom. The topological polar surface area (TPSA) is 87.9 Å². The van der Waals surface area contributed by atoms with Crippen molar-refractivity contribution in [1.29, 1.82) is 0 Å². The summed E-state index contributed by atoms with van der Waals surface area (Å²) in [4.78, 5) is 18.7. The molecule has 7 nitrogen and oxygen atoms in total. The molecule has 1 atom stereocenters. The van der Waals surface area contributed by atoms with Crippen molar-refractivity contribution in [1.82, 2.24) is 25.2 Å². The zero-order valence-corrected chi connectivity index (χ0v) is 12.6. The fourth-order valence-corrected chi connectivity index (χ4v) is 3.01. The van der Waals surface area contributed by atoms with Crippen LogP contribution >= 0.6 is 0 Å². The van der Waals surface area contributed by atoms with E-state index in [0.29, 0.717) is 23.3 Å². The maximum Gasteiger partial charge on any atom is 0.276 e. The van der Waals surface area contributed by atoms with Crippen molar-refractivity contribution in [3.05, 3.63) is 29.2 Å². The second-order valence-electron chi connectivity index (χ2n) is 6.35. The van der Waals surface area contributed by atoms with Crippen LogP contribution in [0, 0.1) is 12.8 Å². The molecule has 1 aliphatic carbocycles. The van der Waals surface area contributed by atoms with Crippen LogP contribution in [0.15, 0.2) is 10.6 Å². The van der Waals surface area contributed by atoms with Crippen molar-refractivity contribution in [2.24, 2.45) is 5.92 Å². The Morgan fingerprint density at radius 1 is 1.45 bits per heavy atom. The fraction of sp³-hybridized carbons (Fsp3) is 0.600. The third kappa shape index (κ3) is 2.63. The number of nitrogens with one attached hydrogen (secondary N) is 1. The van der Waals surface area contributed by atoms with Gasteiger partial charge in [0, 0.05) is 31.5 Å². The van der Waals surface area contributed by atoms with E-state index in [-0.39, 0.29) is 5.91 Å². The van der Waals surface area contributed by atoms with Crippen LogP contribution in [0.2, 0.25) is 0 Å². The van der Waals surface area contributed by atoms with Crippen LogP contribution in [0.5, 0.6) is 0 Å². The molecule has 0 spiro atoms. The van der Waals surface area contributed by atoms with E-state index in [0.717, 1.165) is 37.6 Å². The quantitative estimate of drug-likeness (QED) is 0.928. The van der Waals surface area contributed by atoms with Gasteiger partial charge in [-0.15, -0.1) is 0 Å². The number of aryl methyl sites for hydroxylation is 1. The minimum atomic E-state index is -0.0458. The Labute approximate surface area is 128 Å². The second kappa shape index (κ2) is 5.23. The van der Waals surface area contributed by atoms with Crippen LogP contribution in [0.3, 0.4) is 0 Å². The summed E-state index contributed by atoms with van der Waals surface area (Å²) in [5, 5.41) is 11.1. The average Bonchev–Trinajstić information content (AvgIpc) is 2.91. The van der Waals surface area contributed by atoms with Gasteiger partial charge in [0.25, 0.3) is 5.91 Å². The molecule has 1 aliphatic heterocycles. The molecule has 22 heavy (non-hydrogen) atoms. The van der Waals surface area contributed by atoms with E-state index in [1.54, 1.807) is 13.0 Å². The molecule has 1 unspecified atom stereocenters. The highest BCUT2D eigenvalue weighted by molar-refractivity contribution is 5.92. The molecular weight excluding hydrogens is 282 g/mol. The lowest BCUT2D eigenvalue weighted by atomic mass is 10.1. The summed E-state index contributed by atoms with van der Waals surface area (Å²) in [5.74, 6) is 3.51. The molecule has 116 valence electrons. The number of hydrogen-bond donors (Lipinski definition) is 1. The van der Waals surface area contributed by atoms with Crippen LogP contribution in [0.25, 0.3) is 0 Å². The van der Waals surface area contributed by atoms with E-state index >= 15 is 0 Å². The molecule has 1 saturated heterocycles. The van der Waals surface area contributed by atoms with Gasteiger partial charge < -0.3 is 9.42 Å². The number of carbonyl (C=O) groups excluding carboxylic acids is 1. The van der Waals surface area contributed by atoms with Crippen LogP contribution in [-0.4, -0.2) is 44.2 Å². The van der Waals surface area contributed by atoms with Crippen molar-refractivity contribution in [2.75, 3.05) is 13.1 Å². The van der Waals surface area contributed by atoms with E-state index in [1.165, 1.54) is 12.8 Å². The van der Waals surface area contributed by atoms with Crippen molar-refractivity contribution in [3.8, 4) is 0 Å². The van der Waals surface area contributed by atoms with E-state index < -0.39 is 0 Å². The summed E-state index contributed by atoms with van der Waals surface area (Å²) >= 11 is 0. The highest BCUT2D eigenvalue weighted by Crippen LogP contribution is 2.37. The largest absolute Gasteiger partial charge is 0.361 e. The van der Waals surface area contributed by atoms with Gasteiger partial charge >= 0.3 is 0 Å². The molecule has 1 saturated carbocycles. The Hall–Kier alpha value is -2.18. The number of H-pyrrole nitrogens is 1. The van der Waals surface area contributed by atoms with E-state index in [2.05, 4.69) is 20.3 Å². The zero-order chi connectivity index (χ0) is 15.1. The summed E-state index contributed by atoms with van der Waals surface area (Å²) in [6, 6.07) is 1.69. The highest BCUT2D eigenvalue weighted by atomic mass is 16.5. The second-order valence-corrected chi connectivity index (χ2v) is 6.35. The third-order valence-corrected chi connectivity index (χ3v) is 4.39. The molecule has 2 aromatic heterocycles. The first-order chi connectivity index (χ1) is 10.7. The maximum atomic E-state index is 12.3. The fourth-order valence-electron chi connectivity index (χ4n) is 3.01. The number of nitrogens with zero attached hydrogens (tertiary/aromatic N) is 4. The Bertz CT molecular complexity index is 688. The van der Waals surface area contributed by atoms with E-state index in [1.807, 2.05) is 4.90 Å². The first kappa shape index (κ1) is 13.5. The highest BCUT2D eigenvalue weighted by Gasteiger charge is 2.31. The van der Waals surface area contributed by atoms with Gasteiger partial charge in [0.1, 0.15) is 11.6 Å². The van der Waals surface area contributed by atoms with Gasteiger partial charge in [0.15, 0.2) is 11.5 Å². The first-order valence-electron chi connectivity index (χ1n) is 7.83. The molecule has 0 aromatic carbocycles. The van der Waals surface area contributed by atoms with Crippen molar-refractivity contribution >= 4 is 5.91 Å². The summed E-state index contributed by atoms with van der Waals surface area (Å²) in [7, 11) is 0. The standard InChI is InChI=1S/C15H19N5O2/c1-9-6-12(19-22-9)15(21)20-5-4-10(8-20)7-13-16-14(18-17-13)11-2-3-11/h6,10-11H,2-5,7-8H2,1H3,(H,16,17,18). The lowest BCUT2D eigenvalue weighted by Gasteiger charge is -2.14. The predicted octanol–water partition coefficient (Wildman–Crippen LogP) is 1.68. The number of amides is 1. The Balaban J connectivity index is 1.36. The molecule has 1 amide bonds. The molecule has 4 rings (SSSR count). The number of rotatable bonds is 4. The summed E-state index contributed by atoms with van der Waals surface area (Å²) < 4.78 is 4.98. The van der Waals surface area contributed by atoms with E-state index in [9.17, 15) is 4.79 Å². The SMILES string of the molecule is Cc1cc(C(=O)N2CCC(Cc3nc(C4CC4)n[nH]3)C2)no1. The van der Waals surface area contributed by atoms with Gasteiger partial charge in [-0.25, -0.2) is 4.98 Å². The van der Waals surface area contributed by atoms with E-state index in [4.69, 9.17) is 4.52 Å². The van der Waals surface area contributed by atoms with Crippen LogP contribution in [0.4, 0.5) is 0 Å². The first-order valence-corrected chi connectivity index (χ1v) is 7.83. The zero-order valence-electron chi connectivity index (χ0n) is 12.6. The number of likely N-dealkylation sites (tertiary alicyclic amines) is 1. The van der Waals surface area contributed by atoms with Gasteiger partial charge in [-0.3, -0.25) is 9.89 Å². The summed E-state index contributed by atoms with van der Waals surface area (Å²) in [6.45, 7) is 3.29. The van der Waals surface area contributed by atoms with Gasteiger partial charge in [-0.2, -0.15) is 5.10 Å². The smallest absolute Gasteiger partial charge is 0.276 e. The predicted molar refractivity (Wildman–Crippen MR) is 77.3 cm³/mol. The molecule has 0 bridgehead atoms. The van der Waals surface area contributed by atoms with Gasteiger partial charge in [-0.1, -0.05) is 5.16 Å². The molecule has 7 heteroatoms. The Morgan fingerprint density at radius 2 is 2.32 bits per heavy atom. The van der Waals surface area contributed by atoms with Gasteiger partial charge in [0.05, 0.1) is 0 Å². The molecule has 3 heterocycles. The van der Waals surface area contributed by atoms with Gasteiger partial charge in [-0.05, 0) is 32.1 Å². The molecule has 2 aliphatic rings. The minimum Gasteiger partial charge on any atom is -0.361 e. The molecule has 2 aromatic rings. The maximum absolute atomic E-state index is 12.3. The van der Waals surface area contributed by atoms with Crippen LogP contribution in [-0.2, 0) is 6.42 Å². The molecule has 0 radical (unpaired) electrons. The van der Waals surface area contributed by atoms with Crippen LogP contribution in [0.1, 0.15) is 53.1 Å². The summed E-state index contributed by atoms with van der Waals surface area (Å²) in [5.41, 5.74) is 0.397.